The Labute approximate surface area is 108 Å². The second-order valence-electron chi connectivity index (χ2n) is 5.42. The van der Waals surface area contributed by atoms with E-state index in [0.717, 1.165) is 34.4 Å². The van der Waals surface area contributed by atoms with Crippen molar-refractivity contribution in [1.29, 1.82) is 0 Å². The molecule has 3 nitrogen and oxygen atoms in total. The van der Waals surface area contributed by atoms with Gasteiger partial charge in [0.25, 0.3) is 0 Å². The summed E-state index contributed by atoms with van der Waals surface area (Å²) in [5, 5.41) is 10.1. The molecule has 0 radical (unpaired) electrons. The Balaban J connectivity index is 2.61. The Morgan fingerprint density at radius 2 is 1.83 bits per heavy atom. The van der Waals surface area contributed by atoms with Crippen molar-refractivity contribution in [1.82, 2.24) is 0 Å². The van der Waals surface area contributed by atoms with Crippen molar-refractivity contribution in [3.8, 4) is 11.5 Å². The highest BCUT2D eigenvalue weighted by atomic mass is 16.5. The number of phenolic OH excluding ortho intramolecular Hbond substituents is 1. The zero-order valence-electron chi connectivity index (χ0n) is 11.7. The minimum absolute atomic E-state index is 0.0518. The molecule has 2 rings (SSSR count). The van der Waals surface area contributed by atoms with Crippen molar-refractivity contribution >= 4 is 5.78 Å². The summed E-state index contributed by atoms with van der Waals surface area (Å²) in [6, 6.07) is 0. The average Bonchev–Trinajstić information content (AvgIpc) is 2.33. The summed E-state index contributed by atoms with van der Waals surface area (Å²) in [5.41, 5.74) is 2.94. The van der Waals surface area contributed by atoms with Gasteiger partial charge in [0.2, 0.25) is 0 Å². The molecule has 1 heterocycles. The minimum atomic E-state index is -0.729. The molecule has 1 aliphatic heterocycles. The first-order valence-corrected chi connectivity index (χ1v) is 6.29. The highest BCUT2D eigenvalue weighted by Gasteiger charge is 2.38. The summed E-state index contributed by atoms with van der Waals surface area (Å²) in [6.07, 6.45) is 1.43. The summed E-state index contributed by atoms with van der Waals surface area (Å²) >= 11 is 0. The van der Waals surface area contributed by atoms with Gasteiger partial charge < -0.3 is 9.84 Å². The molecule has 1 aromatic carbocycles. The van der Waals surface area contributed by atoms with Gasteiger partial charge in [-0.25, -0.2) is 0 Å². The molecule has 0 saturated carbocycles. The first-order chi connectivity index (χ1) is 8.28. The van der Waals surface area contributed by atoms with Gasteiger partial charge in [0, 0.05) is 5.56 Å². The van der Waals surface area contributed by atoms with Crippen LogP contribution in [0.3, 0.4) is 0 Å². The van der Waals surface area contributed by atoms with Crippen LogP contribution in [0, 0.1) is 20.8 Å². The number of Topliss-reactive ketones (excluding diaryl/α,β-unsaturated/α-hetero) is 1. The number of aromatic hydroxyl groups is 1. The third-order valence-electron chi connectivity index (χ3n) is 4.26. The van der Waals surface area contributed by atoms with E-state index in [4.69, 9.17) is 4.74 Å². The summed E-state index contributed by atoms with van der Waals surface area (Å²) in [6.45, 7) is 9.12. The molecule has 98 valence electrons. The lowest BCUT2D eigenvalue weighted by Crippen LogP contribution is -2.43. The molecule has 0 amide bonds. The van der Waals surface area contributed by atoms with Gasteiger partial charge in [-0.2, -0.15) is 0 Å². The van der Waals surface area contributed by atoms with Crippen LogP contribution < -0.4 is 4.74 Å². The maximum absolute atomic E-state index is 11.7. The van der Waals surface area contributed by atoms with Gasteiger partial charge in [-0.05, 0) is 64.2 Å². The number of ketones is 1. The first kappa shape index (κ1) is 12.9. The summed E-state index contributed by atoms with van der Waals surface area (Å²) in [5.74, 6) is 1.18. The van der Waals surface area contributed by atoms with Gasteiger partial charge in [-0.15, -0.1) is 0 Å². The Bertz CT molecular complexity index is 531. The van der Waals surface area contributed by atoms with Crippen LogP contribution >= 0.6 is 0 Å². The van der Waals surface area contributed by atoms with Crippen molar-refractivity contribution in [3.05, 3.63) is 22.3 Å². The number of ether oxygens (including phenoxy) is 1. The van der Waals surface area contributed by atoms with Crippen LogP contribution in [0.5, 0.6) is 11.5 Å². The molecule has 0 bridgehead atoms. The van der Waals surface area contributed by atoms with Crippen LogP contribution in [-0.4, -0.2) is 16.5 Å². The number of phenols is 1. The van der Waals surface area contributed by atoms with Crippen LogP contribution in [0.15, 0.2) is 0 Å². The smallest absolute Gasteiger partial charge is 0.172 e. The fraction of sp³-hybridized carbons (Fsp3) is 0.533. The highest BCUT2D eigenvalue weighted by Crippen LogP contribution is 2.43. The van der Waals surface area contributed by atoms with Crippen LogP contribution in [0.4, 0.5) is 0 Å². The van der Waals surface area contributed by atoms with Crippen molar-refractivity contribution in [3.63, 3.8) is 0 Å². The van der Waals surface area contributed by atoms with E-state index in [0.29, 0.717) is 12.2 Å². The van der Waals surface area contributed by atoms with Crippen molar-refractivity contribution in [2.45, 2.75) is 53.1 Å². The van der Waals surface area contributed by atoms with Crippen molar-refractivity contribution < 1.29 is 14.6 Å². The quantitative estimate of drug-likeness (QED) is 0.831. The van der Waals surface area contributed by atoms with Crippen LogP contribution in [-0.2, 0) is 11.2 Å². The van der Waals surface area contributed by atoms with E-state index in [-0.39, 0.29) is 5.78 Å². The van der Waals surface area contributed by atoms with E-state index in [2.05, 4.69) is 0 Å². The summed E-state index contributed by atoms with van der Waals surface area (Å²) < 4.78 is 5.97. The largest absolute Gasteiger partial charge is 0.507 e. The van der Waals surface area contributed by atoms with Crippen molar-refractivity contribution in [2.75, 3.05) is 0 Å². The van der Waals surface area contributed by atoms with E-state index < -0.39 is 5.60 Å². The number of hydrogen-bond donors (Lipinski definition) is 1. The fourth-order valence-corrected chi connectivity index (χ4v) is 2.50. The third kappa shape index (κ3) is 1.69. The zero-order chi connectivity index (χ0) is 13.7. The Kier molecular flexibility index (Phi) is 2.88. The zero-order valence-corrected chi connectivity index (χ0v) is 11.7. The molecule has 1 atom stereocenters. The normalized spacial score (nSPS) is 22.3. The highest BCUT2D eigenvalue weighted by molar-refractivity contribution is 5.85. The Morgan fingerprint density at radius 3 is 2.39 bits per heavy atom. The molecule has 0 saturated heterocycles. The molecule has 0 aliphatic carbocycles. The lowest BCUT2D eigenvalue weighted by Gasteiger charge is -2.36. The van der Waals surface area contributed by atoms with Crippen LogP contribution in [0.25, 0.3) is 0 Å². The molecule has 0 aromatic heterocycles. The van der Waals surface area contributed by atoms with Crippen LogP contribution in [0.2, 0.25) is 0 Å². The maximum Gasteiger partial charge on any atom is 0.172 e. The van der Waals surface area contributed by atoms with Gasteiger partial charge in [-0.1, -0.05) is 0 Å². The van der Waals surface area contributed by atoms with E-state index >= 15 is 0 Å². The molecular weight excluding hydrogens is 228 g/mol. The molecule has 3 heteroatoms. The molecule has 0 fully saturated rings. The van der Waals surface area contributed by atoms with Gasteiger partial charge in [0.1, 0.15) is 11.5 Å². The number of carbonyl (C=O) groups is 1. The second kappa shape index (κ2) is 4.01. The molecule has 0 unspecified atom stereocenters. The third-order valence-corrected chi connectivity index (χ3v) is 4.26. The number of fused-ring (bicyclic) bond motifs is 1. The van der Waals surface area contributed by atoms with Gasteiger partial charge in [-0.3, -0.25) is 4.79 Å². The maximum atomic E-state index is 11.7. The van der Waals surface area contributed by atoms with Gasteiger partial charge >= 0.3 is 0 Å². The van der Waals surface area contributed by atoms with E-state index in [1.165, 1.54) is 0 Å². The van der Waals surface area contributed by atoms with E-state index in [1.54, 1.807) is 6.92 Å². The standard InChI is InChI=1S/C15H20O3/c1-8-9(2)14-12(10(3)13(8)17)6-7-15(5,18-14)11(4)16/h17H,6-7H2,1-5H3/t15-/m0/s1. The molecule has 1 aliphatic rings. The Hall–Kier alpha value is -1.51. The molecule has 18 heavy (non-hydrogen) atoms. The monoisotopic (exact) mass is 248 g/mol. The van der Waals surface area contributed by atoms with Crippen molar-refractivity contribution in [2.24, 2.45) is 0 Å². The SMILES string of the molecule is CC(=O)[C@]1(C)CCc2c(C)c(O)c(C)c(C)c2O1. The number of rotatable bonds is 1. The van der Waals surface area contributed by atoms with E-state index in [9.17, 15) is 9.90 Å². The lowest BCUT2D eigenvalue weighted by atomic mass is 9.85. The topological polar surface area (TPSA) is 46.5 Å². The summed E-state index contributed by atoms with van der Waals surface area (Å²) in [4.78, 5) is 11.7. The molecular formula is C15H20O3. The number of benzene rings is 1. The minimum Gasteiger partial charge on any atom is -0.507 e. The first-order valence-electron chi connectivity index (χ1n) is 6.29. The number of hydrogen-bond acceptors (Lipinski definition) is 3. The lowest BCUT2D eigenvalue weighted by molar-refractivity contribution is -0.132. The number of carbonyl (C=O) groups excluding carboxylic acids is 1. The summed E-state index contributed by atoms with van der Waals surface area (Å²) in [7, 11) is 0. The van der Waals surface area contributed by atoms with E-state index in [1.807, 2.05) is 27.7 Å². The molecule has 0 spiro atoms. The average molecular weight is 248 g/mol. The predicted molar refractivity (Wildman–Crippen MR) is 70.4 cm³/mol. The van der Waals surface area contributed by atoms with Crippen LogP contribution in [0.1, 0.15) is 42.5 Å². The molecule has 1 aromatic rings. The Morgan fingerprint density at radius 1 is 1.22 bits per heavy atom. The van der Waals surface area contributed by atoms with Gasteiger partial charge in [0.05, 0.1) is 0 Å². The second-order valence-corrected chi connectivity index (χ2v) is 5.42. The molecule has 1 N–H and O–H groups in total. The van der Waals surface area contributed by atoms with Gasteiger partial charge in [0.15, 0.2) is 11.4 Å². The fourth-order valence-electron chi connectivity index (χ4n) is 2.50. The predicted octanol–water partition coefficient (Wildman–Crippen LogP) is 2.99.